The van der Waals surface area contributed by atoms with Gasteiger partial charge < -0.3 is 14.6 Å². The molecule has 1 aromatic carbocycles. The van der Waals surface area contributed by atoms with Crippen molar-refractivity contribution in [2.45, 2.75) is 13.2 Å². The van der Waals surface area contributed by atoms with E-state index in [2.05, 4.69) is 31.0 Å². The lowest BCUT2D eigenvalue weighted by molar-refractivity contribution is 0.0594. The average Bonchev–Trinajstić information content (AvgIpc) is 2.94. The minimum absolute atomic E-state index is 0.133. The van der Waals surface area contributed by atoms with Crippen molar-refractivity contribution >= 4 is 21.9 Å². The number of aromatic nitrogens is 3. The van der Waals surface area contributed by atoms with Crippen LogP contribution in [-0.4, -0.2) is 40.3 Å². The Morgan fingerprint density at radius 3 is 2.71 bits per heavy atom. The van der Waals surface area contributed by atoms with Crippen molar-refractivity contribution in [3.05, 3.63) is 39.6 Å². The van der Waals surface area contributed by atoms with Gasteiger partial charge in [0.1, 0.15) is 5.75 Å². The highest BCUT2D eigenvalue weighted by Crippen LogP contribution is 2.29. The van der Waals surface area contributed by atoms with Gasteiger partial charge >= 0.3 is 5.97 Å². The lowest BCUT2D eigenvalue weighted by Crippen LogP contribution is -2.05. The van der Waals surface area contributed by atoms with Crippen LogP contribution >= 0.6 is 15.9 Å². The molecule has 7 nitrogen and oxygen atoms in total. The van der Waals surface area contributed by atoms with E-state index in [4.69, 9.17) is 4.74 Å². The molecule has 0 saturated heterocycles. The molecule has 112 valence electrons. The second-order valence-electron chi connectivity index (χ2n) is 4.21. The first kappa shape index (κ1) is 15.5. The van der Waals surface area contributed by atoms with Crippen LogP contribution in [0, 0.1) is 0 Å². The lowest BCUT2D eigenvalue weighted by atomic mass is 10.1. The molecule has 1 aromatic heterocycles. The third-order valence-electron chi connectivity index (χ3n) is 2.85. The fourth-order valence-electron chi connectivity index (χ4n) is 1.96. The standard InChI is InChI=1S/C13H14BrN3O4/c1-20-12-8(3-10(14)4-9(12)7-18)5-17-6-11(15-16-17)13(19)21-2/h3-4,6,18H,5,7H2,1-2H3. The molecule has 1 heterocycles. The van der Waals surface area contributed by atoms with Crippen molar-refractivity contribution in [3.8, 4) is 5.75 Å². The summed E-state index contributed by atoms with van der Waals surface area (Å²) in [6.45, 7) is 0.208. The highest BCUT2D eigenvalue weighted by molar-refractivity contribution is 9.10. The molecule has 1 N–H and O–H groups in total. The van der Waals surface area contributed by atoms with Crippen molar-refractivity contribution in [2.75, 3.05) is 14.2 Å². The molecule has 2 aromatic rings. The molecule has 2 rings (SSSR count). The van der Waals surface area contributed by atoms with Gasteiger partial charge in [0.25, 0.3) is 0 Å². The number of halogens is 1. The molecular weight excluding hydrogens is 342 g/mol. The van der Waals surface area contributed by atoms with Crippen LogP contribution in [0.2, 0.25) is 0 Å². The summed E-state index contributed by atoms with van der Waals surface area (Å²) < 4.78 is 12.2. The molecule has 0 aliphatic heterocycles. The molecule has 0 radical (unpaired) electrons. The number of esters is 1. The summed E-state index contributed by atoms with van der Waals surface area (Å²) in [6, 6.07) is 3.64. The number of aliphatic hydroxyl groups is 1. The highest BCUT2D eigenvalue weighted by atomic mass is 79.9. The zero-order valence-corrected chi connectivity index (χ0v) is 13.1. The number of ether oxygens (including phenoxy) is 2. The molecule has 0 atom stereocenters. The van der Waals surface area contributed by atoms with Gasteiger partial charge in [-0.2, -0.15) is 0 Å². The molecule has 0 aliphatic carbocycles. The maximum atomic E-state index is 11.4. The summed E-state index contributed by atoms with van der Waals surface area (Å²) in [6.07, 6.45) is 1.49. The van der Waals surface area contributed by atoms with E-state index in [1.165, 1.54) is 25.1 Å². The van der Waals surface area contributed by atoms with E-state index in [-0.39, 0.29) is 12.3 Å². The molecule has 0 fully saturated rings. The topological polar surface area (TPSA) is 86.5 Å². The third-order valence-corrected chi connectivity index (χ3v) is 3.31. The van der Waals surface area contributed by atoms with Gasteiger partial charge in [0.2, 0.25) is 0 Å². The van der Waals surface area contributed by atoms with Crippen molar-refractivity contribution in [1.29, 1.82) is 0 Å². The lowest BCUT2D eigenvalue weighted by Gasteiger charge is -2.13. The second kappa shape index (κ2) is 6.68. The Balaban J connectivity index is 2.32. The van der Waals surface area contributed by atoms with E-state index in [9.17, 15) is 9.90 Å². The Morgan fingerprint density at radius 1 is 1.38 bits per heavy atom. The van der Waals surface area contributed by atoms with Crippen molar-refractivity contribution in [1.82, 2.24) is 15.0 Å². The van der Waals surface area contributed by atoms with Crippen LogP contribution in [0.1, 0.15) is 21.6 Å². The summed E-state index contributed by atoms with van der Waals surface area (Å²) in [5.74, 6) is 0.0364. The minimum atomic E-state index is -0.543. The molecule has 0 spiro atoms. The maximum Gasteiger partial charge on any atom is 0.360 e. The van der Waals surface area contributed by atoms with Gasteiger partial charge in [0.05, 0.1) is 33.6 Å². The first-order valence-electron chi connectivity index (χ1n) is 6.03. The SMILES string of the molecule is COC(=O)c1cn(Cc2cc(Br)cc(CO)c2OC)nn1. The zero-order valence-electron chi connectivity index (χ0n) is 11.5. The Kier molecular flexibility index (Phi) is 4.92. The van der Waals surface area contributed by atoms with Crippen LogP contribution in [-0.2, 0) is 17.9 Å². The van der Waals surface area contributed by atoms with Crippen LogP contribution in [0.15, 0.2) is 22.8 Å². The van der Waals surface area contributed by atoms with Gasteiger partial charge in [-0.15, -0.1) is 5.10 Å². The van der Waals surface area contributed by atoms with E-state index < -0.39 is 5.97 Å². The van der Waals surface area contributed by atoms with E-state index in [1.54, 1.807) is 6.07 Å². The number of benzene rings is 1. The first-order chi connectivity index (χ1) is 10.1. The fourth-order valence-corrected chi connectivity index (χ4v) is 2.51. The number of hydrogen-bond donors (Lipinski definition) is 1. The number of methoxy groups -OCH3 is 2. The Bertz CT molecular complexity index is 657. The molecule has 8 heteroatoms. The average molecular weight is 356 g/mol. The van der Waals surface area contributed by atoms with Gasteiger partial charge in [0, 0.05) is 15.6 Å². The van der Waals surface area contributed by atoms with Crippen molar-refractivity contribution < 1.29 is 19.4 Å². The van der Waals surface area contributed by atoms with Crippen LogP contribution in [0.25, 0.3) is 0 Å². The number of carbonyl (C=O) groups excluding carboxylic acids is 1. The van der Waals surface area contributed by atoms with Gasteiger partial charge in [-0.05, 0) is 12.1 Å². The summed E-state index contributed by atoms with van der Waals surface area (Å²) in [5, 5.41) is 17.0. The predicted molar refractivity (Wildman–Crippen MR) is 77.1 cm³/mol. The first-order valence-corrected chi connectivity index (χ1v) is 6.83. The van der Waals surface area contributed by atoms with Gasteiger partial charge in [-0.1, -0.05) is 21.1 Å². The monoisotopic (exact) mass is 355 g/mol. The largest absolute Gasteiger partial charge is 0.496 e. The number of hydrogen-bond acceptors (Lipinski definition) is 6. The van der Waals surface area contributed by atoms with Crippen LogP contribution in [0.5, 0.6) is 5.75 Å². The molecule has 0 saturated carbocycles. The van der Waals surface area contributed by atoms with Gasteiger partial charge in [-0.3, -0.25) is 0 Å². The summed E-state index contributed by atoms with van der Waals surface area (Å²) in [4.78, 5) is 11.4. The zero-order chi connectivity index (χ0) is 15.4. The van der Waals surface area contributed by atoms with Crippen LogP contribution < -0.4 is 4.74 Å². The van der Waals surface area contributed by atoms with Crippen molar-refractivity contribution in [2.24, 2.45) is 0 Å². The second-order valence-corrected chi connectivity index (χ2v) is 5.12. The van der Waals surface area contributed by atoms with Crippen LogP contribution in [0.3, 0.4) is 0 Å². The van der Waals surface area contributed by atoms with Gasteiger partial charge in [0.15, 0.2) is 5.69 Å². The molecular formula is C13H14BrN3O4. The Hall–Kier alpha value is -1.93. The Morgan fingerprint density at radius 2 is 2.10 bits per heavy atom. The number of rotatable bonds is 5. The minimum Gasteiger partial charge on any atom is -0.496 e. The normalized spacial score (nSPS) is 10.5. The van der Waals surface area contributed by atoms with E-state index in [0.29, 0.717) is 17.9 Å². The molecule has 0 bridgehead atoms. The highest BCUT2D eigenvalue weighted by Gasteiger charge is 2.14. The van der Waals surface area contributed by atoms with E-state index in [1.807, 2.05) is 6.07 Å². The van der Waals surface area contributed by atoms with E-state index in [0.717, 1.165) is 10.0 Å². The number of carbonyl (C=O) groups is 1. The van der Waals surface area contributed by atoms with E-state index >= 15 is 0 Å². The Labute approximate surface area is 129 Å². The number of nitrogens with zero attached hydrogens (tertiary/aromatic N) is 3. The summed E-state index contributed by atoms with van der Waals surface area (Å²) in [5.41, 5.74) is 1.60. The number of aliphatic hydroxyl groups excluding tert-OH is 1. The van der Waals surface area contributed by atoms with Crippen LogP contribution in [0.4, 0.5) is 0 Å². The smallest absolute Gasteiger partial charge is 0.360 e. The third kappa shape index (κ3) is 3.40. The maximum absolute atomic E-state index is 11.4. The fraction of sp³-hybridized carbons (Fsp3) is 0.308. The van der Waals surface area contributed by atoms with Gasteiger partial charge in [-0.25, -0.2) is 9.48 Å². The summed E-state index contributed by atoms with van der Waals surface area (Å²) >= 11 is 3.38. The molecule has 0 aliphatic rings. The molecule has 0 unspecified atom stereocenters. The predicted octanol–water partition coefficient (Wildman–Crippen LogP) is 1.38. The molecule has 0 amide bonds. The molecule has 21 heavy (non-hydrogen) atoms. The summed E-state index contributed by atoms with van der Waals surface area (Å²) in [7, 11) is 2.82. The van der Waals surface area contributed by atoms with Crippen molar-refractivity contribution in [3.63, 3.8) is 0 Å². The quantitative estimate of drug-likeness (QED) is 0.815.